The van der Waals surface area contributed by atoms with E-state index in [4.69, 9.17) is 0 Å². The summed E-state index contributed by atoms with van der Waals surface area (Å²) in [5, 5.41) is 5.70. The Bertz CT molecular complexity index is 781. The molecule has 3 heterocycles. The number of benzene rings is 1. The molecule has 0 spiro atoms. The Morgan fingerprint density at radius 3 is 3.09 bits per heavy atom. The number of imidazole rings is 1. The molecule has 0 fully saturated rings. The molecule has 6 nitrogen and oxygen atoms in total. The molecule has 23 heavy (non-hydrogen) atoms. The van der Waals surface area contributed by atoms with Crippen LogP contribution in [-0.2, 0) is 24.2 Å². The van der Waals surface area contributed by atoms with Gasteiger partial charge < -0.3 is 15.2 Å². The van der Waals surface area contributed by atoms with Crippen LogP contribution in [0.5, 0.6) is 0 Å². The van der Waals surface area contributed by atoms with Gasteiger partial charge in [-0.15, -0.1) is 0 Å². The van der Waals surface area contributed by atoms with Gasteiger partial charge in [0.2, 0.25) is 5.91 Å². The summed E-state index contributed by atoms with van der Waals surface area (Å²) in [6.45, 7) is 0.880. The summed E-state index contributed by atoms with van der Waals surface area (Å²) in [5.74, 6) is 1.35. The topological polar surface area (TPSA) is 76.0 Å². The van der Waals surface area contributed by atoms with Gasteiger partial charge in [-0.1, -0.05) is 18.2 Å². The lowest BCUT2D eigenvalue weighted by molar-refractivity contribution is -0.118. The molecular weight excluding hydrogens is 292 g/mol. The van der Waals surface area contributed by atoms with Gasteiger partial charge in [0.05, 0.1) is 6.20 Å². The molecule has 2 amide bonds. The Balaban J connectivity index is 1.52. The third-order valence-corrected chi connectivity index (χ3v) is 4.53. The number of amides is 2. The lowest BCUT2D eigenvalue weighted by Crippen LogP contribution is -2.48. The molecular formula is C17H18N4O2. The average molecular weight is 310 g/mol. The van der Waals surface area contributed by atoms with E-state index in [2.05, 4.69) is 20.2 Å². The first-order valence-electron chi connectivity index (χ1n) is 7.96. The number of nitrogens with one attached hydrogen (secondary N) is 2. The number of aryl methyl sites for hydroxylation is 1. The molecule has 6 heteroatoms. The first-order valence-corrected chi connectivity index (χ1v) is 7.96. The van der Waals surface area contributed by atoms with E-state index in [0.717, 1.165) is 43.0 Å². The van der Waals surface area contributed by atoms with Crippen molar-refractivity contribution in [3.8, 4) is 0 Å². The fourth-order valence-corrected chi connectivity index (χ4v) is 3.31. The number of anilines is 1. The van der Waals surface area contributed by atoms with Crippen molar-refractivity contribution >= 4 is 17.6 Å². The first-order chi connectivity index (χ1) is 11.2. The molecule has 0 saturated heterocycles. The van der Waals surface area contributed by atoms with Gasteiger partial charge >= 0.3 is 0 Å². The molecule has 1 aromatic heterocycles. The molecule has 4 rings (SSSR count). The van der Waals surface area contributed by atoms with Crippen molar-refractivity contribution in [3.05, 3.63) is 47.4 Å². The maximum atomic E-state index is 12.5. The summed E-state index contributed by atoms with van der Waals surface area (Å²) in [5.41, 5.74) is 1.56. The lowest BCUT2D eigenvalue weighted by atomic mass is 9.95. The van der Waals surface area contributed by atoms with Crippen molar-refractivity contribution in [1.29, 1.82) is 0 Å². The SMILES string of the molecule is O=C1NC(C(=O)Nc2cnc3n2CCCC3)Cc2ccccc21. The maximum Gasteiger partial charge on any atom is 0.252 e. The van der Waals surface area contributed by atoms with E-state index in [9.17, 15) is 9.59 Å². The number of nitrogens with zero attached hydrogens (tertiary/aromatic N) is 2. The van der Waals surface area contributed by atoms with Crippen molar-refractivity contribution in [2.75, 3.05) is 5.32 Å². The Morgan fingerprint density at radius 2 is 2.17 bits per heavy atom. The zero-order valence-electron chi connectivity index (χ0n) is 12.7. The average Bonchev–Trinajstić information content (AvgIpc) is 2.98. The van der Waals surface area contributed by atoms with Gasteiger partial charge in [0.1, 0.15) is 17.7 Å². The molecule has 0 saturated carbocycles. The van der Waals surface area contributed by atoms with Crippen molar-refractivity contribution in [1.82, 2.24) is 14.9 Å². The fraction of sp³-hybridized carbons (Fsp3) is 0.353. The highest BCUT2D eigenvalue weighted by Gasteiger charge is 2.29. The fourth-order valence-electron chi connectivity index (χ4n) is 3.31. The van der Waals surface area contributed by atoms with Gasteiger partial charge in [-0.05, 0) is 24.5 Å². The van der Waals surface area contributed by atoms with Crippen LogP contribution >= 0.6 is 0 Å². The van der Waals surface area contributed by atoms with Crippen LogP contribution in [0, 0.1) is 0 Å². The molecule has 0 aliphatic carbocycles. The van der Waals surface area contributed by atoms with Crippen molar-refractivity contribution in [2.24, 2.45) is 0 Å². The normalized spacial score (nSPS) is 19.5. The minimum absolute atomic E-state index is 0.192. The number of hydrogen-bond donors (Lipinski definition) is 2. The summed E-state index contributed by atoms with van der Waals surface area (Å²) in [6, 6.07) is 6.85. The zero-order valence-corrected chi connectivity index (χ0v) is 12.7. The second kappa shape index (κ2) is 5.53. The summed E-state index contributed by atoms with van der Waals surface area (Å²) in [6.07, 6.45) is 5.40. The van der Waals surface area contributed by atoms with Gasteiger partial charge in [0, 0.05) is 24.9 Å². The van der Waals surface area contributed by atoms with E-state index in [1.807, 2.05) is 18.2 Å². The highest BCUT2D eigenvalue weighted by atomic mass is 16.2. The third kappa shape index (κ3) is 2.50. The van der Waals surface area contributed by atoms with Crippen LogP contribution in [0.1, 0.15) is 34.6 Å². The van der Waals surface area contributed by atoms with E-state index in [1.165, 1.54) is 0 Å². The minimum Gasteiger partial charge on any atom is -0.340 e. The molecule has 118 valence electrons. The molecule has 1 unspecified atom stereocenters. The summed E-state index contributed by atoms with van der Waals surface area (Å²) in [4.78, 5) is 29.0. The van der Waals surface area contributed by atoms with Gasteiger partial charge in [0.25, 0.3) is 5.91 Å². The predicted octanol–water partition coefficient (Wildman–Crippen LogP) is 1.51. The van der Waals surface area contributed by atoms with E-state index in [0.29, 0.717) is 12.0 Å². The van der Waals surface area contributed by atoms with Crippen molar-refractivity contribution in [2.45, 2.75) is 38.3 Å². The van der Waals surface area contributed by atoms with Crippen LogP contribution in [0.15, 0.2) is 30.5 Å². The third-order valence-electron chi connectivity index (χ3n) is 4.53. The van der Waals surface area contributed by atoms with Crippen LogP contribution in [0.4, 0.5) is 5.82 Å². The molecule has 1 atom stereocenters. The molecule has 2 N–H and O–H groups in total. The number of rotatable bonds is 2. The lowest BCUT2D eigenvalue weighted by Gasteiger charge is -2.25. The maximum absolute atomic E-state index is 12.5. The number of carbonyl (C=O) groups is 2. The Morgan fingerprint density at radius 1 is 1.30 bits per heavy atom. The quantitative estimate of drug-likeness (QED) is 0.883. The molecule has 2 aromatic rings. The van der Waals surface area contributed by atoms with Gasteiger partial charge in [-0.3, -0.25) is 9.59 Å². The summed E-state index contributed by atoms with van der Waals surface area (Å²) < 4.78 is 2.06. The minimum atomic E-state index is -0.549. The van der Waals surface area contributed by atoms with E-state index in [-0.39, 0.29) is 11.8 Å². The highest BCUT2D eigenvalue weighted by molar-refractivity contribution is 6.03. The smallest absolute Gasteiger partial charge is 0.252 e. The Kier molecular flexibility index (Phi) is 3.37. The van der Waals surface area contributed by atoms with Crippen LogP contribution < -0.4 is 10.6 Å². The highest BCUT2D eigenvalue weighted by Crippen LogP contribution is 2.21. The van der Waals surface area contributed by atoms with Crippen molar-refractivity contribution < 1.29 is 9.59 Å². The van der Waals surface area contributed by atoms with Crippen LogP contribution in [0.25, 0.3) is 0 Å². The molecule has 1 aromatic carbocycles. The molecule has 2 aliphatic heterocycles. The number of hydrogen-bond acceptors (Lipinski definition) is 3. The van der Waals surface area contributed by atoms with Gasteiger partial charge in [-0.2, -0.15) is 0 Å². The number of fused-ring (bicyclic) bond motifs is 2. The largest absolute Gasteiger partial charge is 0.340 e. The van der Waals surface area contributed by atoms with Gasteiger partial charge in [0.15, 0.2) is 0 Å². The van der Waals surface area contributed by atoms with Gasteiger partial charge in [-0.25, -0.2) is 4.98 Å². The van der Waals surface area contributed by atoms with Crippen LogP contribution in [0.2, 0.25) is 0 Å². The first kappa shape index (κ1) is 14.0. The zero-order chi connectivity index (χ0) is 15.8. The number of carbonyl (C=O) groups excluding carboxylic acids is 2. The van der Waals surface area contributed by atoms with E-state index in [1.54, 1.807) is 12.3 Å². The summed E-state index contributed by atoms with van der Waals surface area (Å²) in [7, 11) is 0. The monoisotopic (exact) mass is 310 g/mol. The van der Waals surface area contributed by atoms with E-state index >= 15 is 0 Å². The standard InChI is InChI=1S/C17H18N4O2/c22-16-12-6-2-1-5-11(12)9-13(19-16)17(23)20-15-10-18-14-7-3-4-8-21(14)15/h1-2,5-6,10,13H,3-4,7-9H2,(H,19,22)(H,20,23). The molecule has 0 bridgehead atoms. The van der Waals surface area contributed by atoms with Crippen LogP contribution in [0.3, 0.4) is 0 Å². The van der Waals surface area contributed by atoms with Crippen molar-refractivity contribution in [3.63, 3.8) is 0 Å². The second-order valence-electron chi connectivity index (χ2n) is 6.04. The Labute approximate surface area is 133 Å². The van der Waals surface area contributed by atoms with Crippen LogP contribution in [-0.4, -0.2) is 27.4 Å². The molecule has 2 aliphatic rings. The molecule has 0 radical (unpaired) electrons. The second-order valence-corrected chi connectivity index (χ2v) is 6.04. The number of aromatic nitrogens is 2. The summed E-state index contributed by atoms with van der Waals surface area (Å²) >= 11 is 0. The van der Waals surface area contributed by atoms with E-state index < -0.39 is 6.04 Å². The Hall–Kier alpha value is -2.63. The predicted molar refractivity (Wildman–Crippen MR) is 85.2 cm³/mol.